The van der Waals surface area contributed by atoms with Crippen molar-refractivity contribution < 1.29 is 13.2 Å². The van der Waals surface area contributed by atoms with Crippen LogP contribution in [0.4, 0.5) is 0 Å². The first kappa shape index (κ1) is 17.4. The molecule has 5 nitrogen and oxygen atoms in total. The molecule has 0 amide bonds. The molecule has 6 heteroatoms. The van der Waals surface area contributed by atoms with Crippen molar-refractivity contribution in [1.82, 2.24) is 4.72 Å². The van der Waals surface area contributed by atoms with Crippen molar-refractivity contribution in [3.05, 3.63) is 35.9 Å². The van der Waals surface area contributed by atoms with E-state index in [1.807, 2.05) is 30.3 Å². The lowest BCUT2D eigenvalue weighted by molar-refractivity contribution is 0.0000145. The van der Waals surface area contributed by atoms with E-state index in [4.69, 9.17) is 10.00 Å². The van der Waals surface area contributed by atoms with Crippen molar-refractivity contribution >= 4 is 10.0 Å². The molecule has 24 heavy (non-hydrogen) atoms. The number of ether oxygens (including phenoxy) is 1. The Balaban J connectivity index is 1.59. The van der Waals surface area contributed by atoms with Crippen LogP contribution in [-0.2, 0) is 21.4 Å². The van der Waals surface area contributed by atoms with Gasteiger partial charge < -0.3 is 4.74 Å². The number of hydrogen-bond acceptors (Lipinski definition) is 4. The van der Waals surface area contributed by atoms with Crippen LogP contribution in [0.15, 0.2) is 30.3 Å². The monoisotopic (exact) mass is 348 g/mol. The molecular weight excluding hydrogens is 324 g/mol. The molecule has 2 aliphatic carbocycles. The topological polar surface area (TPSA) is 79.2 Å². The van der Waals surface area contributed by atoms with Crippen LogP contribution in [0.2, 0.25) is 0 Å². The number of hydrogen-bond donors (Lipinski definition) is 1. The molecule has 0 heterocycles. The summed E-state index contributed by atoms with van der Waals surface area (Å²) in [5, 5.41) is 9.12. The van der Waals surface area contributed by atoms with Crippen LogP contribution < -0.4 is 4.72 Å². The summed E-state index contributed by atoms with van der Waals surface area (Å²) in [6, 6.07) is 11.9. The number of nitrogens with one attached hydrogen (secondary N) is 1. The fraction of sp³-hybridized carbons (Fsp3) is 0.611. The highest BCUT2D eigenvalue weighted by Crippen LogP contribution is 2.45. The van der Waals surface area contributed by atoms with E-state index in [0.717, 1.165) is 31.2 Å². The molecule has 0 saturated heterocycles. The predicted molar refractivity (Wildman–Crippen MR) is 91.5 cm³/mol. The van der Waals surface area contributed by atoms with Gasteiger partial charge in [-0.3, -0.25) is 0 Å². The molecule has 1 N–H and O–H groups in total. The maximum Gasteiger partial charge on any atom is 0.213 e. The zero-order chi connectivity index (χ0) is 17.0. The highest BCUT2D eigenvalue weighted by molar-refractivity contribution is 7.89. The Hall–Kier alpha value is -1.42. The Kier molecular flexibility index (Phi) is 5.24. The number of nitrogens with zero attached hydrogens (tertiary/aromatic N) is 1. The Morgan fingerprint density at radius 3 is 2.58 bits per heavy atom. The SMILES string of the molecule is N#CC1(CS(=O)(=O)N[C@@H]2CCCC[C@H]2OCc2ccccc2)CC1. The molecule has 0 spiro atoms. The van der Waals surface area contributed by atoms with Crippen molar-refractivity contribution in [3.63, 3.8) is 0 Å². The van der Waals surface area contributed by atoms with Crippen molar-refractivity contribution in [2.75, 3.05) is 5.75 Å². The molecule has 1 aromatic rings. The summed E-state index contributed by atoms with van der Waals surface area (Å²) < 4.78 is 33.6. The van der Waals surface area contributed by atoms with Gasteiger partial charge in [0.15, 0.2) is 0 Å². The van der Waals surface area contributed by atoms with E-state index in [2.05, 4.69) is 10.8 Å². The lowest BCUT2D eigenvalue weighted by Gasteiger charge is -2.32. The average Bonchev–Trinajstić information content (AvgIpc) is 3.34. The second-order valence-electron chi connectivity index (χ2n) is 7.00. The van der Waals surface area contributed by atoms with Gasteiger partial charge in [-0.15, -0.1) is 0 Å². The van der Waals surface area contributed by atoms with Crippen LogP contribution in [-0.4, -0.2) is 26.3 Å². The maximum absolute atomic E-state index is 12.4. The Morgan fingerprint density at radius 2 is 1.92 bits per heavy atom. The second-order valence-corrected chi connectivity index (χ2v) is 8.75. The van der Waals surface area contributed by atoms with Gasteiger partial charge >= 0.3 is 0 Å². The Labute approximate surface area is 144 Å². The molecule has 2 saturated carbocycles. The smallest absolute Gasteiger partial charge is 0.213 e. The van der Waals surface area contributed by atoms with E-state index >= 15 is 0 Å². The molecule has 0 unspecified atom stereocenters. The van der Waals surface area contributed by atoms with Crippen LogP contribution in [0.3, 0.4) is 0 Å². The summed E-state index contributed by atoms with van der Waals surface area (Å²) in [7, 11) is -3.46. The van der Waals surface area contributed by atoms with E-state index in [-0.39, 0.29) is 17.9 Å². The molecule has 0 aliphatic heterocycles. The maximum atomic E-state index is 12.4. The first-order valence-corrected chi connectivity index (χ1v) is 10.2. The van der Waals surface area contributed by atoms with Gasteiger partial charge in [0.2, 0.25) is 10.0 Å². The second kappa shape index (κ2) is 7.22. The Bertz CT molecular complexity index is 693. The normalized spacial score (nSPS) is 25.8. The highest BCUT2D eigenvalue weighted by atomic mass is 32.2. The molecule has 0 aromatic heterocycles. The quantitative estimate of drug-likeness (QED) is 0.822. The predicted octanol–water partition coefficient (Wildman–Crippen LogP) is 2.74. The molecule has 1 aromatic carbocycles. The zero-order valence-corrected chi connectivity index (χ0v) is 14.6. The number of nitriles is 1. The number of benzene rings is 1. The van der Waals surface area contributed by atoms with Crippen molar-refractivity contribution in [2.24, 2.45) is 5.41 Å². The summed E-state index contributed by atoms with van der Waals surface area (Å²) in [6.07, 6.45) is 4.97. The molecule has 130 valence electrons. The molecular formula is C18H24N2O3S. The van der Waals surface area contributed by atoms with Crippen LogP contribution in [0.5, 0.6) is 0 Å². The van der Waals surface area contributed by atoms with E-state index in [0.29, 0.717) is 19.4 Å². The summed E-state index contributed by atoms with van der Waals surface area (Å²) in [6.45, 7) is 0.492. The van der Waals surface area contributed by atoms with Gasteiger partial charge in [0.05, 0.1) is 29.9 Å². The van der Waals surface area contributed by atoms with Crippen molar-refractivity contribution in [2.45, 2.75) is 57.3 Å². The molecule has 2 atom stereocenters. The minimum absolute atomic E-state index is 0.0849. The molecule has 3 rings (SSSR count). The summed E-state index contributed by atoms with van der Waals surface area (Å²) >= 11 is 0. The summed E-state index contributed by atoms with van der Waals surface area (Å²) in [5.41, 5.74) is 0.437. The largest absolute Gasteiger partial charge is 0.372 e. The van der Waals surface area contributed by atoms with Crippen LogP contribution in [0.25, 0.3) is 0 Å². The third-order valence-corrected chi connectivity index (χ3v) is 6.49. The van der Waals surface area contributed by atoms with E-state index in [1.165, 1.54) is 0 Å². The van der Waals surface area contributed by atoms with Gasteiger partial charge in [-0.1, -0.05) is 43.2 Å². The number of sulfonamides is 1. The van der Waals surface area contributed by atoms with Gasteiger partial charge in [0, 0.05) is 6.04 Å². The van der Waals surface area contributed by atoms with Gasteiger partial charge in [0.25, 0.3) is 0 Å². The van der Waals surface area contributed by atoms with E-state index < -0.39 is 15.4 Å². The van der Waals surface area contributed by atoms with Gasteiger partial charge in [-0.25, -0.2) is 13.1 Å². The molecule has 2 aliphatic rings. The fourth-order valence-electron chi connectivity index (χ4n) is 3.28. The minimum atomic E-state index is -3.46. The highest BCUT2D eigenvalue weighted by Gasteiger charge is 2.47. The third kappa shape index (κ3) is 4.56. The van der Waals surface area contributed by atoms with Gasteiger partial charge in [-0.05, 0) is 31.2 Å². The standard InChI is InChI=1S/C18H24N2O3S/c19-13-18(10-11-18)14-24(21,22)20-16-8-4-5-9-17(16)23-12-15-6-2-1-3-7-15/h1-3,6-7,16-17,20H,4-5,8-12,14H2/t16-,17-/m1/s1. The third-order valence-electron chi connectivity index (χ3n) is 4.90. The molecule has 2 fully saturated rings. The first-order valence-electron chi connectivity index (χ1n) is 8.59. The average molecular weight is 348 g/mol. The molecule has 0 radical (unpaired) electrons. The lowest BCUT2D eigenvalue weighted by atomic mass is 9.93. The molecule has 0 bridgehead atoms. The summed E-state index contributed by atoms with van der Waals surface area (Å²) in [4.78, 5) is 0. The zero-order valence-electron chi connectivity index (χ0n) is 13.8. The van der Waals surface area contributed by atoms with E-state index in [1.54, 1.807) is 0 Å². The van der Waals surface area contributed by atoms with Gasteiger partial charge in [-0.2, -0.15) is 5.26 Å². The minimum Gasteiger partial charge on any atom is -0.372 e. The van der Waals surface area contributed by atoms with Crippen molar-refractivity contribution in [3.8, 4) is 6.07 Å². The van der Waals surface area contributed by atoms with Crippen LogP contribution >= 0.6 is 0 Å². The van der Waals surface area contributed by atoms with E-state index in [9.17, 15) is 8.42 Å². The van der Waals surface area contributed by atoms with Crippen molar-refractivity contribution in [1.29, 1.82) is 5.26 Å². The van der Waals surface area contributed by atoms with Gasteiger partial charge in [0.1, 0.15) is 0 Å². The lowest BCUT2D eigenvalue weighted by Crippen LogP contribution is -2.47. The fourth-order valence-corrected chi connectivity index (χ4v) is 5.18. The van der Waals surface area contributed by atoms with Crippen LogP contribution in [0.1, 0.15) is 44.1 Å². The summed E-state index contributed by atoms with van der Waals surface area (Å²) in [5.74, 6) is -0.0849. The van der Waals surface area contributed by atoms with Crippen LogP contribution in [0, 0.1) is 16.7 Å². The Morgan fingerprint density at radius 1 is 1.21 bits per heavy atom. The number of rotatable bonds is 7. The first-order chi connectivity index (χ1) is 11.5.